The van der Waals surface area contributed by atoms with E-state index in [0.29, 0.717) is 38.5 Å². The zero-order chi connectivity index (χ0) is 48.3. The van der Waals surface area contributed by atoms with Crippen molar-refractivity contribution in [2.24, 2.45) is 11.3 Å². The number of carbonyl (C=O) groups excluding carboxylic acids is 3. The van der Waals surface area contributed by atoms with Gasteiger partial charge in [-0.3, -0.25) is 14.4 Å². The van der Waals surface area contributed by atoms with Crippen LogP contribution in [0.4, 0.5) is 11.4 Å². The normalized spacial score (nSPS) is 16.4. The Balaban J connectivity index is 0.838. The summed E-state index contributed by atoms with van der Waals surface area (Å²) in [4.78, 5) is 57.4. The summed E-state index contributed by atoms with van der Waals surface area (Å²) in [5, 5.41) is 10.3. The minimum absolute atomic E-state index is 0.168. The minimum atomic E-state index is -0.831. The lowest BCUT2D eigenvalue weighted by molar-refractivity contribution is -0.144. The third-order valence-electron chi connectivity index (χ3n) is 13.1. The second-order valence-corrected chi connectivity index (χ2v) is 21.0. The number of thiazole rings is 1. The molecule has 2 aliphatic heterocycles. The number of carbonyl (C=O) groups is 3. The standard InChI is InChI=1S/C52H62BrN9O5S/c1-32-11-12-40(47-34(3)58-67-36(47)5)24-45(32)62(41-17-18-43(42(53)25-41)60-21-19-54-30-60)28-37-26-59(27-37)22-23-66-29-46(63)57-49(52(6,7)8)51(65)61-20-9-10-44(61)50(64)56-33(2)38-13-15-39(16-14-38)48-35(4)55-31-68-48/h11-19,21,24-25,30-31,33,37,44,49H,9-10,20,22-23,26-29H2,1-8H3,(H,56,64)(H,57,63)/t33-,44-,49+/m0/s1. The van der Waals surface area contributed by atoms with Gasteiger partial charge in [-0.2, -0.15) is 0 Å². The highest BCUT2D eigenvalue weighted by atomic mass is 79.9. The second-order valence-electron chi connectivity index (χ2n) is 19.3. The summed E-state index contributed by atoms with van der Waals surface area (Å²) in [5.41, 5.74) is 11.6. The van der Waals surface area contributed by atoms with Crippen LogP contribution in [-0.4, -0.2) is 105 Å². The monoisotopic (exact) mass is 1000 g/mol. The van der Waals surface area contributed by atoms with Gasteiger partial charge in [0, 0.05) is 72.4 Å². The van der Waals surface area contributed by atoms with Crippen LogP contribution in [0.25, 0.3) is 27.3 Å². The first-order chi connectivity index (χ1) is 32.5. The van der Waals surface area contributed by atoms with Gasteiger partial charge >= 0.3 is 0 Å². The average Bonchev–Trinajstić information content (AvgIpc) is 4.14. The van der Waals surface area contributed by atoms with Gasteiger partial charge in [-0.25, -0.2) is 9.97 Å². The smallest absolute Gasteiger partial charge is 0.246 e. The van der Waals surface area contributed by atoms with E-state index in [4.69, 9.17) is 9.26 Å². The van der Waals surface area contributed by atoms with Gasteiger partial charge in [0.25, 0.3) is 0 Å². The van der Waals surface area contributed by atoms with Crippen LogP contribution in [0.5, 0.6) is 0 Å². The van der Waals surface area contributed by atoms with Crippen molar-refractivity contribution < 1.29 is 23.6 Å². The first-order valence-corrected chi connectivity index (χ1v) is 25.0. The molecule has 358 valence electrons. The molecule has 3 aromatic carbocycles. The topological polar surface area (TPSA) is 151 Å². The van der Waals surface area contributed by atoms with E-state index in [2.05, 4.69) is 107 Å². The molecule has 8 rings (SSSR count). The maximum atomic E-state index is 14.2. The number of nitrogens with one attached hydrogen (secondary N) is 2. The predicted octanol–water partition coefficient (Wildman–Crippen LogP) is 9.13. The Bertz CT molecular complexity index is 2700. The molecular formula is C52H62BrN9O5S. The highest BCUT2D eigenvalue weighted by Gasteiger charge is 2.42. The lowest BCUT2D eigenvalue weighted by Crippen LogP contribution is -2.58. The number of likely N-dealkylation sites (tertiary alicyclic amines) is 2. The summed E-state index contributed by atoms with van der Waals surface area (Å²) >= 11 is 5.44. The largest absolute Gasteiger partial charge is 0.370 e. The van der Waals surface area contributed by atoms with Crippen LogP contribution in [0.2, 0.25) is 0 Å². The van der Waals surface area contributed by atoms with Crippen molar-refractivity contribution in [2.75, 3.05) is 50.8 Å². The molecule has 68 heavy (non-hydrogen) atoms. The number of nitrogens with zero attached hydrogens (tertiary/aromatic N) is 7. The molecular weight excluding hydrogens is 943 g/mol. The maximum Gasteiger partial charge on any atom is 0.246 e. The van der Waals surface area contributed by atoms with Crippen LogP contribution < -0.4 is 15.5 Å². The van der Waals surface area contributed by atoms with E-state index in [1.54, 1.807) is 28.8 Å². The van der Waals surface area contributed by atoms with E-state index in [1.165, 1.54) is 0 Å². The van der Waals surface area contributed by atoms with Crippen molar-refractivity contribution in [2.45, 2.75) is 86.4 Å². The van der Waals surface area contributed by atoms with Crippen molar-refractivity contribution in [1.29, 1.82) is 0 Å². The van der Waals surface area contributed by atoms with Gasteiger partial charge < -0.3 is 39.2 Å². The fourth-order valence-corrected chi connectivity index (χ4v) is 10.8. The number of hydrogen-bond donors (Lipinski definition) is 2. The van der Waals surface area contributed by atoms with Crippen molar-refractivity contribution in [3.8, 4) is 27.3 Å². The summed E-state index contributed by atoms with van der Waals surface area (Å²) < 4.78 is 14.4. The van der Waals surface area contributed by atoms with Crippen LogP contribution in [0, 0.1) is 39.0 Å². The molecule has 5 heterocycles. The Hall–Kier alpha value is -5.68. The molecule has 3 aromatic heterocycles. The molecule has 16 heteroatoms. The van der Waals surface area contributed by atoms with Gasteiger partial charge in [-0.1, -0.05) is 62.3 Å². The van der Waals surface area contributed by atoms with Gasteiger partial charge in [0.05, 0.1) is 46.4 Å². The Morgan fingerprint density at radius 3 is 2.41 bits per heavy atom. The number of halogens is 1. The van der Waals surface area contributed by atoms with E-state index in [9.17, 15) is 14.4 Å². The molecule has 0 aliphatic carbocycles. The minimum Gasteiger partial charge on any atom is -0.370 e. The van der Waals surface area contributed by atoms with Crippen molar-refractivity contribution in [3.05, 3.63) is 118 Å². The van der Waals surface area contributed by atoms with E-state index in [-0.39, 0.29) is 30.4 Å². The van der Waals surface area contributed by atoms with Gasteiger partial charge in [0.2, 0.25) is 17.7 Å². The zero-order valence-corrected chi connectivity index (χ0v) is 42.6. The number of amides is 3. The first-order valence-electron chi connectivity index (χ1n) is 23.4. The summed E-state index contributed by atoms with van der Waals surface area (Å²) in [6.07, 6.45) is 6.76. The first kappa shape index (κ1) is 48.8. The van der Waals surface area contributed by atoms with Crippen LogP contribution in [-0.2, 0) is 19.1 Å². The van der Waals surface area contributed by atoms with Crippen molar-refractivity contribution in [1.82, 2.24) is 40.1 Å². The van der Waals surface area contributed by atoms with Gasteiger partial charge in [-0.05, 0) is 115 Å². The van der Waals surface area contributed by atoms with Crippen LogP contribution >= 0.6 is 27.3 Å². The van der Waals surface area contributed by atoms with E-state index < -0.39 is 17.5 Å². The van der Waals surface area contributed by atoms with Gasteiger partial charge in [-0.15, -0.1) is 11.3 Å². The Kier molecular flexibility index (Phi) is 15.0. The number of aryl methyl sites for hydroxylation is 4. The second kappa shape index (κ2) is 20.9. The molecule has 0 bridgehead atoms. The van der Waals surface area contributed by atoms with Crippen LogP contribution in [0.3, 0.4) is 0 Å². The SMILES string of the molecule is Cc1ccc(-c2c(C)noc2C)cc1N(CC1CN(CCOCC(=O)N[C@H](C(=O)N2CCC[C@H]2C(=O)N[C@@H](C)c2ccc(-c3scnc3C)cc2)C(C)(C)C)C1)c1ccc(-n2ccnc2)c(Br)c1. The summed E-state index contributed by atoms with van der Waals surface area (Å²) in [6.45, 7) is 19.7. The van der Waals surface area contributed by atoms with E-state index >= 15 is 0 Å². The molecule has 14 nitrogen and oxygen atoms in total. The molecule has 2 fully saturated rings. The van der Waals surface area contributed by atoms with Crippen molar-refractivity contribution in [3.63, 3.8) is 0 Å². The third kappa shape index (κ3) is 10.9. The molecule has 0 spiro atoms. The summed E-state index contributed by atoms with van der Waals surface area (Å²) in [7, 11) is 0. The molecule has 2 aliphatic rings. The lowest BCUT2D eigenvalue weighted by Gasteiger charge is -2.42. The van der Waals surface area contributed by atoms with Crippen molar-refractivity contribution >= 4 is 56.4 Å². The quantitative estimate of drug-likeness (QED) is 0.0848. The molecule has 3 amide bonds. The number of anilines is 2. The fraction of sp³-hybridized carbons (Fsp3) is 0.423. The lowest BCUT2D eigenvalue weighted by atomic mass is 9.85. The predicted molar refractivity (Wildman–Crippen MR) is 270 cm³/mol. The molecule has 0 radical (unpaired) electrons. The highest BCUT2D eigenvalue weighted by molar-refractivity contribution is 9.10. The molecule has 0 unspecified atom stereocenters. The molecule has 2 N–H and O–H groups in total. The summed E-state index contributed by atoms with van der Waals surface area (Å²) in [6, 6.07) is 19.4. The number of benzene rings is 3. The third-order valence-corrected chi connectivity index (χ3v) is 14.8. The number of hydrogen-bond acceptors (Lipinski definition) is 11. The number of imidazole rings is 1. The Labute approximate surface area is 411 Å². The Morgan fingerprint density at radius 1 is 0.985 bits per heavy atom. The summed E-state index contributed by atoms with van der Waals surface area (Å²) in [5.74, 6) is 0.363. The Morgan fingerprint density at radius 2 is 1.75 bits per heavy atom. The van der Waals surface area contributed by atoms with Crippen LogP contribution in [0.15, 0.2) is 93.9 Å². The number of aromatic nitrogens is 4. The molecule has 2 saturated heterocycles. The maximum absolute atomic E-state index is 14.2. The zero-order valence-electron chi connectivity index (χ0n) is 40.2. The van der Waals surface area contributed by atoms with Crippen LogP contribution in [0.1, 0.15) is 74.9 Å². The average molecular weight is 1010 g/mol. The van der Waals surface area contributed by atoms with E-state index in [0.717, 1.165) is 91.0 Å². The number of ether oxygens (including phenoxy) is 1. The highest BCUT2D eigenvalue weighted by Crippen LogP contribution is 2.38. The molecule has 6 aromatic rings. The van der Waals surface area contributed by atoms with E-state index in [1.807, 2.05) is 76.9 Å². The molecule has 3 atom stereocenters. The fourth-order valence-electron chi connectivity index (χ4n) is 9.38. The van der Waals surface area contributed by atoms with Gasteiger partial charge in [0.1, 0.15) is 24.5 Å². The number of rotatable bonds is 17. The molecule has 0 saturated carbocycles. The van der Waals surface area contributed by atoms with Gasteiger partial charge in [0.15, 0.2) is 0 Å².